The summed E-state index contributed by atoms with van der Waals surface area (Å²) in [6.07, 6.45) is 1.30. The fourth-order valence-electron chi connectivity index (χ4n) is 4.01. The molecule has 0 aliphatic rings. The van der Waals surface area contributed by atoms with Gasteiger partial charge in [-0.1, -0.05) is 70.0 Å². The zero-order valence-corrected chi connectivity index (χ0v) is 25.6. The van der Waals surface area contributed by atoms with Gasteiger partial charge in [0.1, 0.15) is 12.6 Å². The Bertz CT molecular complexity index is 1380. The van der Waals surface area contributed by atoms with Crippen LogP contribution >= 0.6 is 27.5 Å². The van der Waals surface area contributed by atoms with Gasteiger partial charge in [0.2, 0.25) is 21.8 Å². The summed E-state index contributed by atoms with van der Waals surface area (Å²) in [6, 6.07) is 22.2. The molecule has 2 amide bonds. The third-order valence-corrected chi connectivity index (χ3v) is 7.75. The van der Waals surface area contributed by atoms with Crippen LogP contribution < -0.4 is 9.62 Å². The summed E-state index contributed by atoms with van der Waals surface area (Å²) >= 11 is 9.43. The van der Waals surface area contributed by atoms with Crippen molar-refractivity contribution in [3.05, 3.63) is 99.5 Å². The van der Waals surface area contributed by atoms with Gasteiger partial charge in [-0.25, -0.2) is 8.42 Å². The summed E-state index contributed by atoms with van der Waals surface area (Å²) in [5.41, 5.74) is 1.43. The third kappa shape index (κ3) is 9.37. The minimum Gasteiger partial charge on any atom is -0.350 e. The molecule has 0 aromatic heterocycles. The van der Waals surface area contributed by atoms with Crippen molar-refractivity contribution >= 4 is 55.1 Å². The van der Waals surface area contributed by atoms with Gasteiger partial charge in [0.25, 0.3) is 0 Å². The summed E-state index contributed by atoms with van der Waals surface area (Å²) in [5, 5.41) is 3.45. The summed E-state index contributed by atoms with van der Waals surface area (Å²) < 4.78 is 27.5. The van der Waals surface area contributed by atoms with Crippen molar-refractivity contribution in [1.29, 1.82) is 0 Å². The largest absolute Gasteiger partial charge is 0.350 e. The number of hydrogen-bond acceptors (Lipinski definition) is 4. The Morgan fingerprint density at radius 2 is 1.51 bits per heavy atom. The lowest BCUT2D eigenvalue weighted by Gasteiger charge is -2.35. The highest BCUT2D eigenvalue weighted by Gasteiger charge is 2.34. The lowest BCUT2D eigenvalue weighted by molar-refractivity contribution is -0.140. The molecule has 39 heavy (non-hydrogen) atoms. The molecule has 1 unspecified atom stereocenters. The number of hydrogen-bond donors (Lipinski definition) is 1. The fourth-order valence-corrected chi connectivity index (χ4v) is 5.25. The van der Waals surface area contributed by atoms with E-state index < -0.39 is 34.1 Å². The van der Waals surface area contributed by atoms with E-state index in [-0.39, 0.29) is 18.9 Å². The van der Waals surface area contributed by atoms with Crippen LogP contribution in [-0.2, 0) is 32.6 Å². The van der Waals surface area contributed by atoms with Crippen LogP contribution in [-0.4, -0.2) is 49.5 Å². The second-order valence-corrected chi connectivity index (χ2v) is 13.6. The highest BCUT2D eigenvalue weighted by Crippen LogP contribution is 2.23. The van der Waals surface area contributed by atoms with E-state index in [2.05, 4.69) is 21.2 Å². The van der Waals surface area contributed by atoms with Crippen molar-refractivity contribution < 1.29 is 18.0 Å². The molecule has 0 spiro atoms. The van der Waals surface area contributed by atoms with Gasteiger partial charge < -0.3 is 10.2 Å². The molecular weight excluding hydrogens is 602 g/mol. The molecule has 7 nitrogen and oxygen atoms in total. The minimum absolute atomic E-state index is 0.111. The summed E-state index contributed by atoms with van der Waals surface area (Å²) in [4.78, 5) is 29.2. The van der Waals surface area contributed by atoms with E-state index >= 15 is 0 Å². The first-order valence-electron chi connectivity index (χ1n) is 12.4. The summed E-state index contributed by atoms with van der Waals surface area (Å²) in [7, 11) is -3.84. The first-order valence-corrected chi connectivity index (χ1v) is 15.4. The maximum Gasteiger partial charge on any atom is 0.244 e. The molecule has 3 aromatic carbocycles. The van der Waals surface area contributed by atoms with Crippen molar-refractivity contribution in [2.24, 2.45) is 0 Å². The van der Waals surface area contributed by atoms with Crippen molar-refractivity contribution in [1.82, 2.24) is 10.2 Å². The van der Waals surface area contributed by atoms with E-state index in [9.17, 15) is 18.0 Å². The highest BCUT2D eigenvalue weighted by atomic mass is 79.9. The van der Waals surface area contributed by atoms with Crippen LogP contribution in [0.25, 0.3) is 0 Å². The quantitative estimate of drug-likeness (QED) is 0.323. The number of amides is 2. The molecule has 0 aliphatic carbocycles. The zero-order chi connectivity index (χ0) is 28.8. The Morgan fingerprint density at radius 3 is 2.05 bits per heavy atom. The van der Waals surface area contributed by atoms with Gasteiger partial charge in [-0.05, 0) is 68.3 Å². The predicted molar refractivity (Wildman–Crippen MR) is 160 cm³/mol. The highest BCUT2D eigenvalue weighted by molar-refractivity contribution is 9.10. The molecule has 0 radical (unpaired) electrons. The number of halogens is 2. The number of benzene rings is 3. The number of nitrogens with zero attached hydrogens (tertiary/aromatic N) is 2. The Morgan fingerprint density at radius 1 is 0.923 bits per heavy atom. The molecule has 1 N–H and O–H groups in total. The maximum absolute atomic E-state index is 14.0. The van der Waals surface area contributed by atoms with Gasteiger partial charge in [0, 0.05) is 28.0 Å². The van der Waals surface area contributed by atoms with E-state index in [1.807, 2.05) is 75.4 Å². The van der Waals surface area contributed by atoms with E-state index in [1.54, 1.807) is 24.3 Å². The SMILES string of the molecule is CC(C)(C)NC(=O)C(Cc1ccccc1)N(Cc1ccc(Br)cc1)C(=O)CN(c1ccc(Cl)cc1)S(C)(=O)=O. The number of carbonyl (C=O) groups is 2. The van der Waals surface area contributed by atoms with Crippen molar-refractivity contribution in [2.75, 3.05) is 17.1 Å². The third-order valence-electron chi connectivity index (χ3n) is 5.83. The van der Waals surface area contributed by atoms with Crippen molar-refractivity contribution in [3.63, 3.8) is 0 Å². The van der Waals surface area contributed by atoms with Crippen LogP contribution in [0.3, 0.4) is 0 Å². The monoisotopic (exact) mass is 633 g/mol. The van der Waals surface area contributed by atoms with Gasteiger partial charge in [0.15, 0.2) is 0 Å². The molecule has 0 fully saturated rings. The molecule has 208 valence electrons. The number of rotatable bonds is 10. The molecule has 0 heterocycles. The Balaban J connectivity index is 2.06. The molecule has 0 aliphatic heterocycles. The zero-order valence-electron chi connectivity index (χ0n) is 22.4. The lowest BCUT2D eigenvalue weighted by atomic mass is 10.0. The van der Waals surface area contributed by atoms with E-state index in [1.165, 1.54) is 4.90 Å². The first-order chi connectivity index (χ1) is 18.2. The number of nitrogens with one attached hydrogen (secondary N) is 1. The van der Waals surface area contributed by atoms with Gasteiger partial charge in [0.05, 0.1) is 11.9 Å². The van der Waals surface area contributed by atoms with Crippen molar-refractivity contribution in [2.45, 2.75) is 45.3 Å². The smallest absolute Gasteiger partial charge is 0.244 e. The van der Waals surface area contributed by atoms with E-state index in [0.717, 1.165) is 26.2 Å². The van der Waals surface area contributed by atoms with E-state index in [0.29, 0.717) is 10.7 Å². The van der Waals surface area contributed by atoms with Gasteiger partial charge in [-0.15, -0.1) is 0 Å². The average Bonchev–Trinajstić information content (AvgIpc) is 2.85. The van der Waals surface area contributed by atoms with Gasteiger partial charge in [-0.3, -0.25) is 13.9 Å². The Labute approximate surface area is 244 Å². The number of carbonyl (C=O) groups excluding carboxylic acids is 2. The van der Waals surface area contributed by atoms with Crippen LogP contribution in [0.4, 0.5) is 5.69 Å². The second-order valence-electron chi connectivity index (χ2n) is 10.3. The van der Waals surface area contributed by atoms with Gasteiger partial charge in [-0.2, -0.15) is 0 Å². The standard InChI is InChI=1S/C29H33BrClN3O4S/c1-29(2,3)32-28(36)26(18-21-8-6-5-7-9-21)33(19-22-10-12-23(30)13-11-22)27(35)20-34(39(4,37)38)25-16-14-24(31)15-17-25/h5-17,26H,18-20H2,1-4H3,(H,32,36). The Kier molecular flexibility index (Phi) is 10.2. The fraction of sp³-hybridized carbons (Fsp3) is 0.310. The van der Waals surface area contributed by atoms with Gasteiger partial charge >= 0.3 is 0 Å². The first kappa shape index (κ1) is 30.7. The molecule has 3 aromatic rings. The maximum atomic E-state index is 14.0. The molecular formula is C29H33BrClN3O4S. The number of sulfonamides is 1. The molecule has 0 saturated carbocycles. The van der Waals surface area contributed by atoms with Crippen LogP contribution in [0.15, 0.2) is 83.3 Å². The minimum atomic E-state index is -3.84. The predicted octanol–water partition coefficient (Wildman–Crippen LogP) is 5.42. The molecule has 3 rings (SSSR count). The number of anilines is 1. The topological polar surface area (TPSA) is 86.8 Å². The lowest BCUT2D eigenvalue weighted by Crippen LogP contribution is -2.56. The average molecular weight is 635 g/mol. The van der Waals surface area contributed by atoms with Crippen molar-refractivity contribution in [3.8, 4) is 0 Å². The molecule has 0 saturated heterocycles. The van der Waals surface area contributed by atoms with E-state index in [4.69, 9.17) is 11.6 Å². The summed E-state index contributed by atoms with van der Waals surface area (Å²) in [6.45, 7) is 5.25. The summed E-state index contributed by atoms with van der Waals surface area (Å²) in [5.74, 6) is -0.836. The Hall–Kier alpha value is -2.88. The van der Waals surface area contributed by atoms with Crippen LogP contribution in [0.5, 0.6) is 0 Å². The molecule has 0 bridgehead atoms. The molecule has 1 atom stereocenters. The molecule has 10 heteroatoms. The van der Waals surface area contributed by atoms with Crippen LogP contribution in [0.1, 0.15) is 31.9 Å². The van der Waals surface area contributed by atoms with Crippen LogP contribution in [0.2, 0.25) is 5.02 Å². The second kappa shape index (κ2) is 13.0. The van der Waals surface area contributed by atoms with Crippen LogP contribution in [0, 0.1) is 0 Å². The normalized spacial score (nSPS) is 12.5.